The number of hydrogen-bond acceptors (Lipinski definition) is 3. The SMILES string of the molecule is CC1C(C(=O)O)CCN1C(=O)c1cccc(N)c1. The van der Waals surface area contributed by atoms with E-state index in [0.717, 1.165) is 0 Å². The summed E-state index contributed by atoms with van der Waals surface area (Å²) in [6, 6.07) is 6.46. The van der Waals surface area contributed by atoms with Gasteiger partial charge in [0.05, 0.1) is 5.92 Å². The molecule has 1 heterocycles. The standard InChI is InChI=1S/C13H16N2O3/c1-8-11(13(17)18)5-6-15(8)12(16)9-3-2-4-10(14)7-9/h2-4,7-8,11H,5-6,14H2,1H3,(H,17,18). The van der Waals surface area contributed by atoms with Gasteiger partial charge in [-0.15, -0.1) is 0 Å². The second-order valence-electron chi connectivity index (χ2n) is 4.60. The summed E-state index contributed by atoms with van der Waals surface area (Å²) in [7, 11) is 0. The highest BCUT2D eigenvalue weighted by Crippen LogP contribution is 2.26. The van der Waals surface area contributed by atoms with Crippen LogP contribution in [0.1, 0.15) is 23.7 Å². The first kappa shape index (κ1) is 12.4. The van der Waals surface area contributed by atoms with Gasteiger partial charge in [-0.05, 0) is 31.5 Å². The molecule has 1 fully saturated rings. The first-order chi connectivity index (χ1) is 8.50. The summed E-state index contributed by atoms with van der Waals surface area (Å²) in [6.07, 6.45) is 0.505. The number of benzene rings is 1. The summed E-state index contributed by atoms with van der Waals surface area (Å²) >= 11 is 0. The van der Waals surface area contributed by atoms with Gasteiger partial charge >= 0.3 is 5.97 Å². The Kier molecular flexibility index (Phi) is 3.23. The number of carbonyl (C=O) groups excluding carboxylic acids is 1. The van der Waals surface area contributed by atoms with Crippen molar-refractivity contribution in [3.63, 3.8) is 0 Å². The van der Waals surface area contributed by atoms with Crippen molar-refractivity contribution in [1.29, 1.82) is 0 Å². The molecule has 1 saturated heterocycles. The molecular formula is C13H16N2O3. The molecule has 2 atom stereocenters. The van der Waals surface area contributed by atoms with Crippen LogP contribution in [0.25, 0.3) is 0 Å². The molecule has 1 aliphatic rings. The summed E-state index contributed by atoms with van der Waals surface area (Å²) in [6.45, 7) is 2.25. The molecule has 1 aromatic rings. The molecule has 5 heteroatoms. The van der Waals surface area contributed by atoms with Crippen molar-refractivity contribution < 1.29 is 14.7 Å². The van der Waals surface area contributed by atoms with Crippen LogP contribution < -0.4 is 5.73 Å². The van der Waals surface area contributed by atoms with Crippen LogP contribution in [0.3, 0.4) is 0 Å². The highest BCUT2D eigenvalue weighted by Gasteiger charge is 2.38. The number of aliphatic carboxylic acids is 1. The van der Waals surface area contributed by atoms with E-state index in [4.69, 9.17) is 10.8 Å². The number of nitrogens with zero attached hydrogens (tertiary/aromatic N) is 1. The van der Waals surface area contributed by atoms with Crippen molar-refractivity contribution in [3.05, 3.63) is 29.8 Å². The summed E-state index contributed by atoms with van der Waals surface area (Å²) in [5.74, 6) is -1.47. The van der Waals surface area contributed by atoms with Crippen molar-refractivity contribution in [1.82, 2.24) is 4.90 Å². The van der Waals surface area contributed by atoms with Gasteiger partial charge < -0.3 is 15.7 Å². The summed E-state index contributed by atoms with van der Waals surface area (Å²) < 4.78 is 0. The van der Waals surface area contributed by atoms with Crippen LogP contribution in [-0.2, 0) is 4.79 Å². The fourth-order valence-electron chi connectivity index (χ4n) is 2.39. The minimum absolute atomic E-state index is 0.154. The molecule has 96 valence electrons. The van der Waals surface area contributed by atoms with Gasteiger partial charge in [0.15, 0.2) is 0 Å². The summed E-state index contributed by atoms with van der Waals surface area (Å²) in [4.78, 5) is 24.9. The molecule has 2 unspecified atom stereocenters. The smallest absolute Gasteiger partial charge is 0.308 e. The number of likely N-dealkylation sites (tertiary alicyclic amines) is 1. The Balaban J connectivity index is 2.18. The maximum atomic E-state index is 12.3. The number of rotatable bonds is 2. The van der Waals surface area contributed by atoms with Gasteiger partial charge in [-0.3, -0.25) is 9.59 Å². The van der Waals surface area contributed by atoms with Gasteiger partial charge in [-0.1, -0.05) is 6.07 Å². The molecule has 5 nitrogen and oxygen atoms in total. The summed E-state index contributed by atoms with van der Waals surface area (Å²) in [5, 5.41) is 9.04. The predicted molar refractivity (Wildman–Crippen MR) is 67.1 cm³/mol. The number of amides is 1. The lowest BCUT2D eigenvalue weighted by atomic mass is 10.0. The van der Waals surface area contributed by atoms with Crippen molar-refractivity contribution in [2.75, 3.05) is 12.3 Å². The molecule has 0 saturated carbocycles. The van der Waals surface area contributed by atoms with Gasteiger partial charge in [0.2, 0.25) is 0 Å². The molecule has 3 N–H and O–H groups in total. The number of nitrogens with two attached hydrogens (primary N) is 1. The number of carboxylic acid groups (broad SMARTS) is 1. The van der Waals surface area contributed by atoms with E-state index in [-0.39, 0.29) is 11.9 Å². The quantitative estimate of drug-likeness (QED) is 0.770. The predicted octanol–water partition coefficient (Wildman–Crippen LogP) is 1.20. The maximum absolute atomic E-state index is 12.3. The third-order valence-electron chi connectivity index (χ3n) is 3.47. The minimum Gasteiger partial charge on any atom is -0.481 e. The topological polar surface area (TPSA) is 83.6 Å². The lowest BCUT2D eigenvalue weighted by Crippen LogP contribution is -2.37. The second kappa shape index (κ2) is 4.68. The van der Waals surface area contributed by atoms with E-state index in [0.29, 0.717) is 24.2 Å². The zero-order chi connectivity index (χ0) is 13.3. The fourth-order valence-corrected chi connectivity index (χ4v) is 2.39. The molecule has 0 spiro atoms. The normalized spacial score (nSPS) is 23.1. The zero-order valence-corrected chi connectivity index (χ0v) is 10.2. The Morgan fingerprint density at radius 3 is 2.72 bits per heavy atom. The molecule has 1 aliphatic heterocycles. The van der Waals surface area contributed by atoms with Crippen molar-refractivity contribution >= 4 is 17.6 Å². The number of carbonyl (C=O) groups is 2. The number of carboxylic acids is 1. The maximum Gasteiger partial charge on any atom is 0.308 e. The highest BCUT2D eigenvalue weighted by atomic mass is 16.4. The first-order valence-electron chi connectivity index (χ1n) is 5.90. The Morgan fingerprint density at radius 1 is 1.44 bits per heavy atom. The highest BCUT2D eigenvalue weighted by molar-refractivity contribution is 5.95. The molecule has 0 bridgehead atoms. The van der Waals surface area contributed by atoms with Gasteiger partial charge in [0, 0.05) is 23.8 Å². The van der Waals surface area contributed by atoms with Crippen molar-refractivity contribution in [2.45, 2.75) is 19.4 Å². The van der Waals surface area contributed by atoms with Crippen molar-refractivity contribution in [2.24, 2.45) is 5.92 Å². The number of hydrogen-bond donors (Lipinski definition) is 2. The Bertz CT molecular complexity index is 487. The number of nitrogen functional groups attached to an aromatic ring is 1. The molecular weight excluding hydrogens is 232 g/mol. The van der Waals surface area contributed by atoms with Gasteiger partial charge in [0.1, 0.15) is 0 Å². The molecule has 1 aromatic carbocycles. The Morgan fingerprint density at radius 2 is 2.17 bits per heavy atom. The lowest BCUT2D eigenvalue weighted by Gasteiger charge is -2.23. The van der Waals surface area contributed by atoms with E-state index < -0.39 is 11.9 Å². The van der Waals surface area contributed by atoms with Crippen LogP contribution in [0.5, 0.6) is 0 Å². The van der Waals surface area contributed by atoms with Gasteiger partial charge in [-0.25, -0.2) is 0 Å². The largest absolute Gasteiger partial charge is 0.481 e. The van der Waals surface area contributed by atoms with Gasteiger partial charge in [0.25, 0.3) is 5.91 Å². The monoisotopic (exact) mass is 248 g/mol. The van der Waals surface area contributed by atoms with E-state index in [1.54, 1.807) is 36.1 Å². The average molecular weight is 248 g/mol. The zero-order valence-electron chi connectivity index (χ0n) is 10.2. The Hall–Kier alpha value is -2.04. The number of anilines is 1. The average Bonchev–Trinajstić information content (AvgIpc) is 2.70. The molecule has 18 heavy (non-hydrogen) atoms. The summed E-state index contributed by atoms with van der Waals surface area (Å²) in [5.41, 5.74) is 6.68. The van der Waals surface area contributed by atoms with E-state index in [2.05, 4.69) is 0 Å². The Labute approximate surface area is 105 Å². The second-order valence-corrected chi connectivity index (χ2v) is 4.60. The van der Waals surface area contributed by atoms with E-state index in [1.807, 2.05) is 0 Å². The van der Waals surface area contributed by atoms with Crippen molar-refractivity contribution in [3.8, 4) is 0 Å². The van der Waals surface area contributed by atoms with Crippen LogP contribution >= 0.6 is 0 Å². The van der Waals surface area contributed by atoms with E-state index in [9.17, 15) is 9.59 Å². The molecule has 1 amide bonds. The molecule has 0 aromatic heterocycles. The minimum atomic E-state index is -0.842. The van der Waals surface area contributed by atoms with Crippen LogP contribution in [0, 0.1) is 5.92 Å². The molecule has 2 rings (SSSR count). The van der Waals surface area contributed by atoms with Crippen LogP contribution in [0.2, 0.25) is 0 Å². The third kappa shape index (κ3) is 2.16. The fraction of sp³-hybridized carbons (Fsp3) is 0.385. The van der Waals surface area contributed by atoms with Gasteiger partial charge in [-0.2, -0.15) is 0 Å². The molecule has 0 radical (unpaired) electrons. The lowest BCUT2D eigenvalue weighted by molar-refractivity contribution is -0.142. The third-order valence-corrected chi connectivity index (χ3v) is 3.47. The molecule has 0 aliphatic carbocycles. The van der Waals surface area contributed by atoms with Crippen LogP contribution in [0.4, 0.5) is 5.69 Å². The van der Waals surface area contributed by atoms with Crippen LogP contribution in [0.15, 0.2) is 24.3 Å². The first-order valence-corrected chi connectivity index (χ1v) is 5.90. The van der Waals surface area contributed by atoms with Crippen LogP contribution in [-0.4, -0.2) is 34.5 Å². The van der Waals surface area contributed by atoms with E-state index in [1.165, 1.54) is 0 Å². The van der Waals surface area contributed by atoms with E-state index >= 15 is 0 Å².